The highest BCUT2D eigenvalue weighted by atomic mass is 16.1. The number of aldehydes is 1. The van der Waals surface area contributed by atoms with Crippen LogP contribution in [0.1, 0.15) is 26.7 Å². The topological polar surface area (TPSA) is 17.1 Å². The molecule has 0 aromatic heterocycles. The zero-order chi connectivity index (χ0) is 8.06. The Balaban J connectivity index is 2.19. The lowest BCUT2D eigenvalue weighted by Crippen LogP contribution is -1.94. The van der Waals surface area contributed by atoms with Crippen molar-refractivity contribution in [3.8, 4) is 0 Å². The van der Waals surface area contributed by atoms with E-state index in [4.69, 9.17) is 0 Å². The summed E-state index contributed by atoms with van der Waals surface area (Å²) < 4.78 is 0. The lowest BCUT2D eigenvalue weighted by atomic mass is 10.0. The van der Waals surface area contributed by atoms with Gasteiger partial charge in [0.05, 0.1) is 0 Å². The fourth-order valence-electron chi connectivity index (χ4n) is 2.40. The molecule has 2 unspecified atom stereocenters. The molecule has 0 amide bonds. The van der Waals surface area contributed by atoms with Crippen LogP contribution in [0, 0.1) is 17.3 Å². The Hall–Kier alpha value is -0.590. The summed E-state index contributed by atoms with van der Waals surface area (Å²) in [6.45, 7) is 4.60. The zero-order valence-electron chi connectivity index (χ0n) is 7.13. The molecule has 0 N–H and O–H groups in total. The lowest BCUT2D eigenvalue weighted by Gasteiger charge is -2.04. The predicted octanol–water partition coefficient (Wildman–Crippen LogP) is 2.18. The molecule has 0 spiro atoms. The third kappa shape index (κ3) is 0.867. The normalized spacial score (nSPS) is 38.9. The van der Waals surface area contributed by atoms with Gasteiger partial charge in [-0.3, -0.25) is 4.79 Å². The quantitative estimate of drug-likeness (QED) is 0.523. The molecular weight excluding hydrogens is 136 g/mol. The Morgan fingerprint density at radius 3 is 2.91 bits per heavy atom. The minimum Gasteiger partial charge on any atom is -0.298 e. The maximum Gasteiger partial charge on any atom is 0.145 e. The van der Waals surface area contributed by atoms with Crippen molar-refractivity contribution in [3.63, 3.8) is 0 Å². The summed E-state index contributed by atoms with van der Waals surface area (Å²) in [6, 6.07) is 0. The standard InChI is InChI=1S/C10H14O/c1-10(2)8-4-3-7(6-11)5-9(8)10/h5-6,8-9H,3-4H2,1-2H3. The van der Waals surface area contributed by atoms with Crippen LogP contribution in [-0.4, -0.2) is 6.29 Å². The van der Waals surface area contributed by atoms with E-state index in [-0.39, 0.29) is 0 Å². The van der Waals surface area contributed by atoms with Crippen molar-refractivity contribution in [2.24, 2.45) is 17.3 Å². The Kier molecular flexibility index (Phi) is 1.26. The van der Waals surface area contributed by atoms with E-state index >= 15 is 0 Å². The minimum absolute atomic E-state index is 0.491. The number of hydrogen-bond acceptors (Lipinski definition) is 1. The maximum atomic E-state index is 10.5. The van der Waals surface area contributed by atoms with Gasteiger partial charge >= 0.3 is 0 Å². The number of fused-ring (bicyclic) bond motifs is 1. The summed E-state index contributed by atoms with van der Waals surface area (Å²) in [5.41, 5.74) is 1.52. The Bertz CT molecular complexity index is 225. The number of carbonyl (C=O) groups is 1. The molecular formula is C10H14O. The highest BCUT2D eigenvalue weighted by Gasteiger charge is 2.56. The molecule has 0 heterocycles. The lowest BCUT2D eigenvalue weighted by molar-refractivity contribution is -0.105. The molecule has 0 radical (unpaired) electrons. The molecule has 2 aliphatic carbocycles. The summed E-state index contributed by atoms with van der Waals surface area (Å²) in [4.78, 5) is 10.5. The van der Waals surface area contributed by atoms with E-state index in [9.17, 15) is 4.79 Å². The molecule has 1 saturated carbocycles. The van der Waals surface area contributed by atoms with Crippen molar-refractivity contribution in [1.82, 2.24) is 0 Å². The SMILES string of the molecule is CC1(C)C2C=C(C=O)CCC21. The van der Waals surface area contributed by atoms with Crippen LogP contribution in [-0.2, 0) is 4.79 Å². The monoisotopic (exact) mass is 150 g/mol. The predicted molar refractivity (Wildman–Crippen MR) is 44.1 cm³/mol. The Morgan fingerprint density at radius 2 is 2.36 bits per heavy atom. The van der Waals surface area contributed by atoms with E-state index in [1.807, 2.05) is 0 Å². The second-order valence-corrected chi connectivity index (χ2v) is 4.35. The van der Waals surface area contributed by atoms with Crippen molar-refractivity contribution in [3.05, 3.63) is 11.6 Å². The van der Waals surface area contributed by atoms with Crippen molar-refractivity contribution in [2.75, 3.05) is 0 Å². The fraction of sp³-hybridized carbons (Fsp3) is 0.700. The van der Waals surface area contributed by atoms with Crippen molar-refractivity contribution in [1.29, 1.82) is 0 Å². The van der Waals surface area contributed by atoms with Crippen molar-refractivity contribution >= 4 is 6.29 Å². The largest absolute Gasteiger partial charge is 0.298 e. The van der Waals surface area contributed by atoms with Gasteiger partial charge in [0.2, 0.25) is 0 Å². The van der Waals surface area contributed by atoms with Gasteiger partial charge in [-0.25, -0.2) is 0 Å². The first-order chi connectivity index (χ1) is 5.16. The summed E-state index contributed by atoms with van der Waals surface area (Å²) in [5, 5.41) is 0. The average Bonchev–Trinajstić information content (AvgIpc) is 2.55. The number of hydrogen-bond donors (Lipinski definition) is 0. The summed E-state index contributed by atoms with van der Waals surface area (Å²) in [5.74, 6) is 1.57. The van der Waals surface area contributed by atoms with Crippen molar-refractivity contribution in [2.45, 2.75) is 26.7 Å². The van der Waals surface area contributed by atoms with Crippen LogP contribution in [0.2, 0.25) is 0 Å². The molecule has 2 rings (SSSR count). The van der Waals surface area contributed by atoms with Gasteiger partial charge in [0.15, 0.2) is 0 Å². The third-order valence-corrected chi connectivity index (χ3v) is 3.43. The molecule has 0 saturated heterocycles. The Morgan fingerprint density at radius 1 is 1.64 bits per heavy atom. The molecule has 2 atom stereocenters. The van der Waals surface area contributed by atoms with Gasteiger partial charge in [0.25, 0.3) is 0 Å². The summed E-state index contributed by atoms with van der Waals surface area (Å²) in [7, 11) is 0. The maximum absolute atomic E-state index is 10.5. The molecule has 1 heteroatoms. The van der Waals surface area contributed by atoms with E-state index in [0.29, 0.717) is 11.3 Å². The second kappa shape index (κ2) is 1.96. The summed E-state index contributed by atoms with van der Waals surface area (Å²) in [6.07, 6.45) is 5.43. The van der Waals surface area contributed by atoms with Crippen LogP contribution in [0.5, 0.6) is 0 Å². The average molecular weight is 150 g/mol. The van der Waals surface area contributed by atoms with Gasteiger partial charge in [-0.1, -0.05) is 19.9 Å². The van der Waals surface area contributed by atoms with Crippen molar-refractivity contribution < 1.29 is 4.79 Å². The minimum atomic E-state index is 0.491. The van der Waals surface area contributed by atoms with E-state index in [1.54, 1.807) is 0 Å². The zero-order valence-corrected chi connectivity index (χ0v) is 7.13. The van der Waals surface area contributed by atoms with Gasteiger partial charge in [-0.2, -0.15) is 0 Å². The smallest absolute Gasteiger partial charge is 0.145 e. The highest BCUT2D eigenvalue weighted by Crippen LogP contribution is 2.63. The van der Waals surface area contributed by atoms with Crippen LogP contribution in [0.25, 0.3) is 0 Å². The van der Waals surface area contributed by atoms with Gasteiger partial charge in [-0.15, -0.1) is 0 Å². The van der Waals surface area contributed by atoms with E-state index in [0.717, 1.165) is 24.2 Å². The van der Waals surface area contributed by atoms with Crippen LogP contribution in [0.3, 0.4) is 0 Å². The Labute approximate surface area is 67.5 Å². The number of carbonyl (C=O) groups excluding carboxylic acids is 1. The molecule has 1 nitrogen and oxygen atoms in total. The number of rotatable bonds is 1. The van der Waals surface area contributed by atoms with Gasteiger partial charge in [-0.05, 0) is 35.7 Å². The molecule has 0 bridgehead atoms. The first kappa shape index (κ1) is 7.08. The molecule has 2 aliphatic rings. The third-order valence-electron chi connectivity index (χ3n) is 3.43. The van der Waals surface area contributed by atoms with Gasteiger partial charge < -0.3 is 0 Å². The van der Waals surface area contributed by atoms with Crippen LogP contribution in [0.4, 0.5) is 0 Å². The van der Waals surface area contributed by atoms with E-state index in [2.05, 4.69) is 19.9 Å². The molecule has 60 valence electrons. The van der Waals surface area contributed by atoms with Crippen LogP contribution >= 0.6 is 0 Å². The molecule has 0 aliphatic heterocycles. The van der Waals surface area contributed by atoms with E-state index in [1.165, 1.54) is 6.42 Å². The van der Waals surface area contributed by atoms with Gasteiger partial charge in [0.1, 0.15) is 6.29 Å². The van der Waals surface area contributed by atoms with Crippen LogP contribution < -0.4 is 0 Å². The number of allylic oxidation sites excluding steroid dienone is 2. The molecule has 0 aromatic rings. The molecule has 11 heavy (non-hydrogen) atoms. The molecule has 1 fully saturated rings. The first-order valence-electron chi connectivity index (χ1n) is 4.32. The van der Waals surface area contributed by atoms with Crippen LogP contribution in [0.15, 0.2) is 11.6 Å². The first-order valence-corrected chi connectivity index (χ1v) is 4.32. The highest BCUT2D eigenvalue weighted by molar-refractivity contribution is 5.73. The second-order valence-electron chi connectivity index (χ2n) is 4.35. The fourth-order valence-corrected chi connectivity index (χ4v) is 2.40. The summed E-state index contributed by atoms with van der Waals surface area (Å²) >= 11 is 0. The van der Waals surface area contributed by atoms with Gasteiger partial charge in [0, 0.05) is 0 Å². The molecule has 0 aromatic carbocycles. The van der Waals surface area contributed by atoms with E-state index < -0.39 is 0 Å².